The highest BCUT2D eigenvalue weighted by atomic mass is 19.4. The normalized spacial score (nSPS) is 11.7. The Hall–Kier alpha value is -8.42. The van der Waals surface area contributed by atoms with E-state index in [1.807, 2.05) is 66.7 Å². The van der Waals surface area contributed by atoms with Crippen molar-refractivity contribution < 1.29 is 13.2 Å². The molecule has 0 aliphatic carbocycles. The average molecular weight is 917 g/mol. The predicted octanol–water partition coefficient (Wildman–Crippen LogP) is 17.2. The van der Waals surface area contributed by atoms with Crippen LogP contribution in [0.1, 0.15) is 33.4 Å². The highest BCUT2D eigenvalue weighted by molar-refractivity contribution is 6.13. The topological polar surface area (TPSA) is 43.6 Å². The monoisotopic (exact) mass is 916 g/mol. The maximum atomic E-state index is 14.3. The van der Waals surface area contributed by atoms with Gasteiger partial charge in [0.25, 0.3) is 0 Å². The Morgan fingerprint density at radius 2 is 0.743 bits per heavy atom. The summed E-state index contributed by atoms with van der Waals surface area (Å²) in [7, 11) is 0. The minimum atomic E-state index is -4.52. The number of aromatic nitrogens is 4. The molecule has 0 spiro atoms. The molecule has 0 saturated heterocycles. The van der Waals surface area contributed by atoms with Crippen molar-refractivity contribution in [3.8, 4) is 84.4 Å². The standard InChI is InChI=1S/C63H47F3N4/c1-38-16-20-43(21-17-38)53-36-49(62-68-60(45-12-8-6-9-13-45)67-61(69-62)46-14-10-7-11-15-46)37-54(44-22-26-50(27-23-44)63(64,65)66)59(53)70-57-30-24-47(51-28-18-39(2)32-41(51)4)34-55(57)56-35-48(25-31-58(56)70)52-29-19-40(3)33-42(52)5/h6-37H,1-5H3. The smallest absolute Gasteiger partial charge is 0.308 e. The molecular weight excluding hydrogens is 870 g/mol. The summed E-state index contributed by atoms with van der Waals surface area (Å²) in [5.41, 5.74) is 17.8. The minimum absolute atomic E-state index is 0.430. The number of hydrogen-bond donors (Lipinski definition) is 0. The van der Waals surface area contributed by atoms with Crippen molar-refractivity contribution in [3.63, 3.8) is 0 Å². The van der Waals surface area contributed by atoms with E-state index in [2.05, 4.69) is 142 Å². The molecule has 0 aliphatic rings. The third-order valence-corrected chi connectivity index (χ3v) is 13.3. The Bertz CT molecular complexity index is 3610. The van der Waals surface area contributed by atoms with E-state index in [9.17, 15) is 13.2 Å². The quantitative estimate of drug-likeness (QED) is 0.153. The van der Waals surface area contributed by atoms with Gasteiger partial charge >= 0.3 is 6.18 Å². The zero-order valence-corrected chi connectivity index (χ0v) is 39.4. The minimum Gasteiger partial charge on any atom is -0.308 e. The highest BCUT2D eigenvalue weighted by Gasteiger charge is 2.31. The van der Waals surface area contributed by atoms with E-state index in [1.165, 1.54) is 34.4 Å². The van der Waals surface area contributed by atoms with Gasteiger partial charge in [-0.2, -0.15) is 13.2 Å². The van der Waals surface area contributed by atoms with Crippen molar-refractivity contribution in [3.05, 3.63) is 228 Å². The molecule has 0 saturated carbocycles. The van der Waals surface area contributed by atoms with Gasteiger partial charge in [0.2, 0.25) is 0 Å². The SMILES string of the molecule is Cc1ccc(-c2cc(-c3nc(-c4ccccc4)nc(-c4ccccc4)n3)cc(-c3ccc(C(F)(F)F)cc3)c2-n2c3ccc(-c4ccc(C)cc4C)cc3c3cc(-c4ccc(C)cc4C)ccc32)cc1. The van der Waals surface area contributed by atoms with Crippen LogP contribution in [0, 0.1) is 34.6 Å². The fraction of sp³-hybridized carbons (Fsp3) is 0.0952. The zero-order valence-electron chi connectivity index (χ0n) is 39.4. The van der Waals surface area contributed by atoms with Gasteiger partial charge in [0.1, 0.15) is 0 Å². The molecule has 0 radical (unpaired) electrons. The predicted molar refractivity (Wildman–Crippen MR) is 281 cm³/mol. The summed E-state index contributed by atoms with van der Waals surface area (Å²) in [6.45, 7) is 10.6. The lowest BCUT2D eigenvalue weighted by Gasteiger charge is -2.21. The Labute approximate surface area is 405 Å². The first-order valence-corrected chi connectivity index (χ1v) is 23.4. The lowest BCUT2D eigenvalue weighted by molar-refractivity contribution is -0.137. The Kier molecular flexibility index (Phi) is 11.1. The molecule has 4 nitrogen and oxygen atoms in total. The van der Waals surface area contributed by atoms with Gasteiger partial charge in [0.15, 0.2) is 17.5 Å². The van der Waals surface area contributed by atoms with Crippen molar-refractivity contribution in [2.24, 2.45) is 0 Å². The van der Waals surface area contributed by atoms with Gasteiger partial charge < -0.3 is 4.57 Å². The van der Waals surface area contributed by atoms with Crippen molar-refractivity contribution >= 4 is 21.8 Å². The van der Waals surface area contributed by atoms with Gasteiger partial charge in [-0.05, 0) is 128 Å². The number of aryl methyl sites for hydroxylation is 5. The van der Waals surface area contributed by atoms with Crippen molar-refractivity contribution in [2.45, 2.75) is 40.8 Å². The van der Waals surface area contributed by atoms with Crippen molar-refractivity contribution in [1.82, 2.24) is 19.5 Å². The molecule has 2 heterocycles. The molecule has 11 rings (SSSR count). The lowest BCUT2D eigenvalue weighted by Crippen LogP contribution is -2.05. The molecule has 0 atom stereocenters. The fourth-order valence-electron chi connectivity index (χ4n) is 9.83. The van der Waals surface area contributed by atoms with Gasteiger partial charge in [0, 0.05) is 38.6 Å². The van der Waals surface area contributed by atoms with Gasteiger partial charge in [0.05, 0.1) is 22.3 Å². The van der Waals surface area contributed by atoms with Crippen LogP contribution in [0.5, 0.6) is 0 Å². The Balaban J connectivity index is 1.26. The average Bonchev–Trinajstić information content (AvgIpc) is 3.69. The summed E-state index contributed by atoms with van der Waals surface area (Å²) in [5, 5.41) is 2.10. The number of fused-ring (bicyclic) bond motifs is 3. The number of alkyl halides is 3. The number of hydrogen-bond acceptors (Lipinski definition) is 3. The van der Waals surface area contributed by atoms with Gasteiger partial charge in [-0.15, -0.1) is 0 Å². The maximum absolute atomic E-state index is 14.3. The van der Waals surface area contributed by atoms with Gasteiger partial charge in [-0.1, -0.05) is 162 Å². The summed E-state index contributed by atoms with van der Waals surface area (Å²) in [4.78, 5) is 15.3. The molecule has 0 fully saturated rings. The first-order valence-electron chi connectivity index (χ1n) is 23.4. The molecule has 9 aromatic carbocycles. The Morgan fingerprint density at radius 3 is 1.17 bits per heavy atom. The van der Waals surface area contributed by atoms with Crippen LogP contribution in [0.2, 0.25) is 0 Å². The molecule has 2 aromatic heterocycles. The zero-order chi connectivity index (χ0) is 48.3. The van der Waals surface area contributed by atoms with E-state index in [0.717, 1.165) is 77.6 Å². The summed E-state index contributed by atoms with van der Waals surface area (Å²) in [6.07, 6.45) is -4.52. The number of benzene rings is 9. The van der Waals surface area contributed by atoms with Crippen LogP contribution in [0.15, 0.2) is 194 Å². The van der Waals surface area contributed by atoms with E-state index >= 15 is 0 Å². The van der Waals surface area contributed by atoms with Crippen LogP contribution in [-0.2, 0) is 6.18 Å². The summed E-state index contributed by atoms with van der Waals surface area (Å²) >= 11 is 0. The molecule has 0 unspecified atom stereocenters. The van der Waals surface area contributed by atoms with Crippen LogP contribution < -0.4 is 0 Å². The highest BCUT2D eigenvalue weighted by Crippen LogP contribution is 2.46. The second-order valence-electron chi connectivity index (χ2n) is 18.3. The third-order valence-electron chi connectivity index (χ3n) is 13.3. The molecular formula is C63H47F3N4. The molecule has 0 bridgehead atoms. The number of rotatable bonds is 8. The maximum Gasteiger partial charge on any atom is 0.416 e. The second-order valence-corrected chi connectivity index (χ2v) is 18.3. The van der Waals surface area contributed by atoms with Crippen LogP contribution in [-0.4, -0.2) is 19.5 Å². The molecule has 7 heteroatoms. The third kappa shape index (κ3) is 8.23. The van der Waals surface area contributed by atoms with E-state index < -0.39 is 11.7 Å². The summed E-state index contributed by atoms with van der Waals surface area (Å²) < 4.78 is 45.2. The summed E-state index contributed by atoms with van der Waals surface area (Å²) in [5.74, 6) is 1.44. The number of halogens is 3. The van der Waals surface area contributed by atoms with Crippen LogP contribution in [0.3, 0.4) is 0 Å². The largest absolute Gasteiger partial charge is 0.416 e. The van der Waals surface area contributed by atoms with Gasteiger partial charge in [-0.3, -0.25) is 0 Å². The van der Waals surface area contributed by atoms with Crippen LogP contribution >= 0.6 is 0 Å². The van der Waals surface area contributed by atoms with E-state index in [-0.39, 0.29) is 0 Å². The molecule has 0 N–H and O–H groups in total. The first-order chi connectivity index (χ1) is 33.9. The molecule has 0 aliphatic heterocycles. The Morgan fingerprint density at radius 1 is 0.343 bits per heavy atom. The van der Waals surface area contributed by atoms with Crippen molar-refractivity contribution in [2.75, 3.05) is 0 Å². The fourth-order valence-corrected chi connectivity index (χ4v) is 9.83. The first kappa shape index (κ1) is 44.1. The summed E-state index contributed by atoms with van der Waals surface area (Å²) in [6, 6.07) is 64.1. The molecule has 0 amide bonds. The molecule has 340 valence electrons. The van der Waals surface area contributed by atoms with E-state index in [0.29, 0.717) is 34.2 Å². The second kappa shape index (κ2) is 17.6. The molecule has 70 heavy (non-hydrogen) atoms. The van der Waals surface area contributed by atoms with E-state index in [1.54, 1.807) is 12.1 Å². The van der Waals surface area contributed by atoms with Crippen molar-refractivity contribution in [1.29, 1.82) is 0 Å². The molecule has 11 aromatic rings. The van der Waals surface area contributed by atoms with Crippen LogP contribution in [0.4, 0.5) is 13.2 Å². The van der Waals surface area contributed by atoms with Gasteiger partial charge in [-0.25, -0.2) is 15.0 Å². The lowest BCUT2D eigenvalue weighted by atomic mass is 9.91. The van der Waals surface area contributed by atoms with E-state index in [4.69, 9.17) is 15.0 Å². The van der Waals surface area contributed by atoms with Crippen LogP contribution in [0.25, 0.3) is 106 Å². The number of nitrogens with zero attached hydrogens (tertiary/aromatic N) is 4.